The molecule has 1 saturated heterocycles. The Labute approximate surface area is 206 Å². The molecule has 1 aliphatic rings. The summed E-state index contributed by atoms with van der Waals surface area (Å²) in [6, 6.07) is 14.1. The first-order valence-electron chi connectivity index (χ1n) is 12.2. The number of aryl methyl sites for hydroxylation is 1. The molecule has 1 unspecified atom stereocenters. The molecule has 1 aromatic heterocycles. The number of esters is 1. The predicted octanol–water partition coefficient (Wildman–Crippen LogP) is 4.52. The fourth-order valence-corrected chi connectivity index (χ4v) is 5.06. The van der Waals surface area contributed by atoms with Crippen LogP contribution in [0.1, 0.15) is 43.2 Å². The van der Waals surface area contributed by atoms with E-state index in [1.54, 1.807) is 14.2 Å². The van der Waals surface area contributed by atoms with Gasteiger partial charge in [0.15, 0.2) is 11.5 Å². The van der Waals surface area contributed by atoms with Gasteiger partial charge in [0, 0.05) is 49.6 Å². The molecule has 7 heteroatoms. The van der Waals surface area contributed by atoms with Gasteiger partial charge in [0.2, 0.25) is 5.91 Å². The van der Waals surface area contributed by atoms with Crippen LogP contribution in [0.2, 0.25) is 0 Å². The number of benzene rings is 2. The number of para-hydroxylation sites is 1. The molecule has 1 atom stereocenters. The van der Waals surface area contributed by atoms with E-state index in [2.05, 4.69) is 22.9 Å². The summed E-state index contributed by atoms with van der Waals surface area (Å²) in [4.78, 5) is 27.5. The second kappa shape index (κ2) is 10.8. The van der Waals surface area contributed by atoms with Crippen LogP contribution >= 0.6 is 0 Å². The Morgan fingerprint density at radius 1 is 1.03 bits per heavy atom. The van der Waals surface area contributed by atoms with Gasteiger partial charge >= 0.3 is 5.97 Å². The van der Waals surface area contributed by atoms with Crippen molar-refractivity contribution in [2.75, 3.05) is 33.9 Å². The van der Waals surface area contributed by atoms with Gasteiger partial charge in [0.05, 0.1) is 26.7 Å². The fraction of sp³-hybridized carbons (Fsp3) is 0.429. The molecule has 0 saturated carbocycles. The van der Waals surface area contributed by atoms with Crippen LogP contribution in [-0.2, 0) is 21.4 Å². The van der Waals surface area contributed by atoms with Crippen molar-refractivity contribution in [2.45, 2.75) is 32.1 Å². The third-order valence-electron chi connectivity index (χ3n) is 6.96. The van der Waals surface area contributed by atoms with Crippen LogP contribution in [-0.4, -0.2) is 55.3 Å². The highest BCUT2D eigenvalue weighted by Gasteiger charge is 2.31. The van der Waals surface area contributed by atoms with E-state index in [0.717, 1.165) is 22.0 Å². The minimum Gasteiger partial charge on any atom is -0.493 e. The number of ether oxygens (including phenoxy) is 3. The smallest absolute Gasteiger partial charge is 0.309 e. The molecule has 3 aromatic rings. The lowest BCUT2D eigenvalue weighted by atomic mass is 9.87. The Kier molecular flexibility index (Phi) is 7.63. The summed E-state index contributed by atoms with van der Waals surface area (Å²) in [6.45, 7) is 3.33. The minimum absolute atomic E-state index is 0.0834. The largest absolute Gasteiger partial charge is 0.493 e. The highest BCUT2D eigenvalue weighted by atomic mass is 16.5. The number of carbonyl (C=O) groups excluding carboxylic acids is 2. The Balaban J connectivity index is 1.63. The Hall–Kier alpha value is -3.48. The fourth-order valence-electron chi connectivity index (χ4n) is 5.06. The van der Waals surface area contributed by atoms with E-state index in [1.807, 2.05) is 49.2 Å². The van der Waals surface area contributed by atoms with Gasteiger partial charge in [-0.2, -0.15) is 0 Å². The monoisotopic (exact) mass is 478 g/mol. The van der Waals surface area contributed by atoms with Crippen LogP contribution in [0.15, 0.2) is 48.7 Å². The molecular weight excluding hydrogens is 444 g/mol. The SMILES string of the molecule is CCOC(=O)C1CCN(C(=O)CC(c2ccc(OC)c(OC)c2)c2cn(C)c3ccccc23)CC1. The summed E-state index contributed by atoms with van der Waals surface area (Å²) in [5.41, 5.74) is 3.22. The maximum atomic E-state index is 13.5. The first-order chi connectivity index (χ1) is 17.0. The standard InChI is InChI=1S/C28H34N2O5/c1-5-35-28(32)19-12-14-30(15-13-19)27(31)17-22(20-10-11-25(33-3)26(16-20)34-4)23-18-29(2)24-9-7-6-8-21(23)24/h6-11,16,18-19,22H,5,12-15,17H2,1-4H3. The summed E-state index contributed by atoms with van der Waals surface area (Å²) in [5.74, 6) is 0.937. The van der Waals surface area contributed by atoms with Crippen LogP contribution in [0, 0.1) is 5.92 Å². The Morgan fingerprint density at radius 3 is 2.43 bits per heavy atom. The van der Waals surface area contributed by atoms with E-state index in [4.69, 9.17) is 14.2 Å². The highest BCUT2D eigenvalue weighted by Crippen LogP contribution is 2.38. The summed E-state index contributed by atoms with van der Waals surface area (Å²) in [7, 11) is 5.26. The van der Waals surface area contributed by atoms with Crippen molar-refractivity contribution in [3.63, 3.8) is 0 Å². The number of nitrogens with zero attached hydrogens (tertiary/aromatic N) is 2. The number of rotatable bonds is 8. The average molecular weight is 479 g/mol. The second-order valence-corrected chi connectivity index (χ2v) is 8.99. The molecule has 7 nitrogen and oxygen atoms in total. The number of fused-ring (bicyclic) bond motifs is 1. The first kappa shape index (κ1) is 24.6. The van der Waals surface area contributed by atoms with E-state index in [0.29, 0.717) is 50.5 Å². The highest BCUT2D eigenvalue weighted by molar-refractivity contribution is 5.87. The molecule has 0 spiro atoms. The summed E-state index contributed by atoms with van der Waals surface area (Å²) in [6.07, 6.45) is 3.72. The molecule has 1 fully saturated rings. The first-order valence-corrected chi connectivity index (χ1v) is 12.2. The normalized spacial score (nSPS) is 15.1. The van der Waals surface area contributed by atoms with Gasteiger partial charge in [0.1, 0.15) is 0 Å². The number of aromatic nitrogens is 1. The lowest BCUT2D eigenvalue weighted by Gasteiger charge is -2.32. The van der Waals surface area contributed by atoms with E-state index in [-0.39, 0.29) is 23.7 Å². The minimum atomic E-state index is -0.156. The van der Waals surface area contributed by atoms with Crippen molar-refractivity contribution in [1.82, 2.24) is 9.47 Å². The Bertz CT molecular complexity index is 1190. The van der Waals surface area contributed by atoms with Crippen molar-refractivity contribution >= 4 is 22.8 Å². The van der Waals surface area contributed by atoms with Crippen molar-refractivity contribution in [1.29, 1.82) is 0 Å². The number of likely N-dealkylation sites (tertiary alicyclic amines) is 1. The average Bonchev–Trinajstić information content (AvgIpc) is 3.23. The van der Waals surface area contributed by atoms with E-state index in [9.17, 15) is 9.59 Å². The number of piperidine rings is 1. The maximum absolute atomic E-state index is 13.5. The summed E-state index contributed by atoms with van der Waals surface area (Å²) >= 11 is 0. The van der Waals surface area contributed by atoms with E-state index in [1.165, 1.54) is 0 Å². The molecule has 0 aliphatic carbocycles. The second-order valence-electron chi connectivity index (χ2n) is 8.99. The van der Waals surface area contributed by atoms with Crippen molar-refractivity contribution in [2.24, 2.45) is 13.0 Å². The summed E-state index contributed by atoms with van der Waals surface area (Å²) < 4.78 is 18.3. The quantitative estimate of drug-likeness (QED) is 0.445. The molecular formula is C28H34N2O5. The van der Waals surface area contributed by atoms with Gasteiger partial charge in [-0.1, -0.05) is 24.3 Å². The molecule has 35 heavy (non-hydrogen) atoms. The van der Waals surface area contributed by atoms with Crippen molar-refractivity contribution in [3.8, 4) is 11.5 Å². The lowest BCUT2D eigenvalue weighted by molar-refractivity contribution is -0.151. The van der Waals surface area contributed by atoms with Crippen LogP contribution in [0.3, 0.4) is 0 Å². The zero-order valence-electron chi connectivity index (χ0n) is 21.0. The zero-order chi connectivity index (χ0) is 24.9. The topological polar surface area (TPSA) is 70.0 Å². The third-order valence-corrected chi connectivity index (χ3v) is 6.96. The molecule has 0 radical (unpaired) electrons. The van der Waals surface area contributed by atoms with E-state index < -0.39 is 0 Å². The maximum Gasteiger partial charge on any atom is 0.309 e. The third kappa shape index (κ3) is 5.14. The molecule has 1 aliphatic heterocycles. The molecule has 4 rings (SSSR count). The number of hydrogen-bond acceptors (Lipinski definition) is 5. The molecule has 0 bridgehead atoms. The predicted molar refractivity (Wildman–Crippen MR) is 135 cm³/mol. The van der Waals surface area contributed by atoms with Crippen LogP contribution in [0.5, 0.6) is 11.5 Å². The van der Waals surface area contributed by atoms with Crippen LogP contribution in [0.25, 0.3) is 10.9 Å². The van der Waals surface area contributed by atoms with Gasteiger partial charge in [-0.05, 0) is 49.1 Å². The Morgan fingerprint density at radius 2 is 1.74 bits per heavy atom. The number of hydrogen-bond donors (Lipinski definition) is 0. The number of carbonyl (C=O) groups is 2. The van der Waals surface area contributed by atoms with Crippen LogP contribution < -0.4 is 9.47 Å². The van der Waals surface area contributed by atoms with Crippen molar-refractivity contribution < 1.29 is 23.8 Å². The molecule has 186 valence electrons. The lowest BCUT2D eigenvalue weighted by Crippen LogP contribution is -2.41. The van der Waals surface area contributed by atoms with Gasteiger partial charge in [0.25, 0.3) is 0 Å². The molecule has 2 aromatic carbocycles. The van der Waals surface area contributed by atoms with Gasteiger partial charge in [-0.25, -0.2) is 0 Å². The molecule has 0 N–H and O–H groups in total. The van der Waals surface area contributed by atoms with E-state index >= 15 is 0 Å². The molecule has 2 heterocycles. The number of amides is 1. The summed E-state index contributed by atoms with van der Waals surface area (Å²) in [5, 5.41) is 1.13. The number of methoxy groups -OCH3 is 2. The van der Waals surface area contributed by atoms with Gasteiger partial charge in [-0.15, -0.1) is 0 Å². The van der Waals surface area contributed by atoms with Gasteiger partial charge in [-0.3, -0.25) is 9.59 Å². The molecule has 1 amide bonds. The van der Waals surface area contributed by atoms with Crippen molar-refractivity contribution in [3.05, 3.63) is 59.8 Å². The zero-order valence-corrected chi connectivity index (χ0v) is 21.0. The van der Waals surface area contributed by atoms with Crippen LogP contribution in [0.4, 0.5) is 0 Å². The van der Waals surface area contributed by atoms with Gasteiger partial charge < -0.3 is 23.7 Å².